The highest BCUT2D eigenvalue weighted by molar-refractivity contribution is 5.94. The number of nitrogens with one attached hydrogen (secondary N) is 1. The van der Waals surface area contributed by atoms with Crippen LogP contribution in [-0.4, -0.2) is 35.0 Å². The number of rotatable bonds is 3. The monoisotopic (exact) mass is 340 g/mol. The lowest BCUT2D eigenvalue weighted by Crippen LogP contribution is -2.44. The van der Waals surface area contributed by atoms with Gasteiger partial charge < -0.3 is 14.6 Å². The van der Waals surface area contributed by atoms with E-state index in [-0.39, 0.29) is 17.8 Å². The third-order valence-electron chi connectivity index (χ3n) is 4.36. The largest absolute Gasteiger partial charge is 0.422 e. The maximum absolute atomic E-state index is 12.9. The first-order valence-electron chi connectivity index (χ1n) is 8.22. The lowest BCUT2D eigenvalue weighted by Gasteiger charge is -2.31. The fourth-order valence-corrected chi connectivity index (χ4v) is 2.98. The predicted octanol–water partition coefficient (Wildman–Crippen LogP) is 2.76. The van der Waals surface area contributed by atoms with Crippen molar-refractivity contribution in [2.45, 2.75) is 18.9 Å². The van der Waals surface area contributed by atoms with Crippen molar-refractivity contribution in [3.63, 3.8) is 0 Å². The summed E-state index contributed by atoms with van der Waals surface area (Å²) in [6.07, 6.45) is 3.27. The fraction of sp³-hybridized carbons (Fsp3) is 0.278. The minimum absolute atomic E-state index is 0.0799. The maximum Gasteiger partial charge on any atom is 0.299 e. The number of carbonyl (C=O) groups excluding carboxylic acids is 1. The fourth-order valence-electron chi connectivity index (χ4n) is 2.98. The van der Waals surface area contributed by atoms with Gasteiger partial charge in [-0.2, -0.15) is 4.98 Å². The van der Waals surface area contributed by atoms with E-state index >= 15 is 0 Å². The quantitative estimate of drug-likeness (QED) is 0.794. The second-order valence-electron chi connectivity index (χ2n) is 6.06. The van der Waals surface area contributed by atoms with Crippen molar-refractivity contribution in [3.05, 3.63) is 54.0 Å². The van der Waals surface area contributed by atoms with Crippen LogP contribution in [0.2, 0.25) is 0 Å². The molecule has 1 aliphatic heterocycles. The number of piperidine rings is 1. The molecular formula is C18H17FN4O2. The molecule has 7 heteroatoms. The van der Waals surface area contributed by atoms with Gasteiger partial charge in [-0.25, -0.2) is 9.37 Å². The Hall–Kier alpha value is -2.96. The summed E-state index contributed by atoms with van der Waals surface area (Å²) < 4.78 is 18.7. The molecule has 0 aliphatic carbocycles. The Morgan fingerprint density at radius 1 is 1.20 bits per heavy atom. The molecule has 128 valence electrons. The second-order valence-corrected chi connectivity index (χ2v) is 6.06. The highest BCUT2D eigenvalue weighted by Crippen LogP contribution is 2.23. The minimum Gasteiger partial charge on any atom is -0.422 e. The van der Waals surface area contributed by atoms with E-state index in [1.807, 2.05) is 12.1 Å². The van der Waals surface area contributed by atoms with Crippen LogP contribution in [0.5, 0.6) is 0 Å². The van der Waals surface area contributed by atoms with Gasteiger partial charge in [0.25, 0.3) is 11.9 Å². The van der Waals surface area contributed by atoms with Crippen LogP contribution in [0, 0.1) is 5.82 Å². The smallest absolute Gasteiger partial charge is 0.299 e. The van der Waals surface area contributed by atoms with Crippen molar-refractivity contribution in [2.75, 3.05) is 18.0 Å². The number of nitrogens with zero attached hydrogens (tertiary/aromatic N) is 3. The van der Waals surface area contributed by atoms with Gasteiger partial charge in [-0.1, -0.05) is 0 Å². The normalized spacial score (nSPS) is 15.5. The molecule has 3 heterocycles. The van der Waals surface area contributed by atoms with Gasteiger partial charge in [0.05, 0.1) is 0 Å². The van der Waals surface area contributed by atoms with Crippen LogP contribution >= 0.6 is 0 Å². The molecule has 0 spiro atoms. The van der Waals surface area contributed by atoms with Crippen LogP contribution in [0.1, 0.15) is 23.2 Å². The van der Waals surface area contributed by atoms with Crippen molar-refractivity contribution in [2.24, 2.45) is 0 Å². The molecule has 6 nitrogen and oxygen atoms in total. The van der Waals surface area contributed by atoms with E-state index in [4.69, 9.17) is 4.42 Å². The first-order chi connectivity index (χ1) is 12.2. The zero-order chi connectivity index (χ0) is 17.2. The van der Waals surface area contributed by atoms with E-state index in [0.29, 0.717) is 22.8 Å². The Morgan fingerprint density at radius 3 is 2.68 bits per heavy atom. The molecule has 4 rings (SSSR count). The number of fused-ring (bicyclic) bond motifs is 1. The van der Waals surface area contributed by atoms with Crippen LogP contribution in [0.25, 0.3) is 11.2 Å². The zero-order valence-corrected chi connectivity index (χ0v) is 13.5. The molecule has 1 aliphatic rings. The number of aromatic nitrogens is 2. The predicted molar refractivity (Wildman–Crippen MR) is 90.9 cm³/mol. The molecule has 3 aromatic rings. The molecule has 2 aromatic heterocycles. The van der Waals surface area contributed by atoms with Crippen molar-refractivity contribution < 1.29 is 13.6 Å². The molecule has 0 bridgehead atoms. The van der Waals surface area contributed by atoms with E-state index in [0.717, 1.165) is 25.9 Å². The summed E-state index contributed by atoms with van der Waals surface area (Å²) in [7, 11) is 0. The Balaban J connectivity index is 1.36. The van der Waals surface area contributed by atoms with Gasteiger partial charge in [0, 0.05) is 30.9 Å². The summed E-state index contributed by atoms with van der Waals surface area (Å²) in [5.41, 5.74) is 1.74. The summed E-state index contributed by atoms with van der Waals surface area (Å²) in [6.45, 7) is 1.47. The third-order valence-corrected chi connectivity index (χ3v) is 4.36. The molecule has 1 fully saturated rings. The highest BCUT2D eigenvalue weighted by Gasteiger charge is 2.24. The first-order valence-corrected chi connectivity index (χ1v) is 8.22. The number of carbonyl (C=O) groups is 1. The molecule has 1 saturated heterocycles. The van der Waals surface area contributed by atoms with Crippen molar-refractivity contribution in [1.82, 2.24) is 15.3 Å². The summed E-state index contributed by atoms with van der Waals surface area (Å²) in [5.74, 6) is -0.526. The molecule has 25 heavy (non-hydrogen) atoms. The zero-order valence-electron chi connectivity index (χ0n) is 13.5. The number of pyridine rings is 1. The van der Waals surface area contributed by atoms with Crippen molar-refractivity contribution in [3.8, 4) is 0 Å². The summed E-state index contributed by atoms with van der Waals surface area (Å²) in [4.78, 5) is 22.8. The van der Waals surface area contributed by atoms with Gasteiger partial charge in [0.2, 0.25) is 5.65 Å². The molecule has 1 N–H and O–H groups in total. The second kappa shape index (κ2) is 6.51. The van der Waals surface area contributed by atoms with Crippen LogP contribution in [0.4, 0.5) is 10.4 Å². The molecule has 0 atom stereocenters. The number of anilines is 1. The summed E-state index contributed by atoms with van der Waals surface area (Å²) >= 11 is 0. The van der Waals surface area contributed by atoms with Crippen LogP contribution < -0.4 is 10.2 Å². The topological polar surface area (TPSA) is 71.3 Å². The average molecular weight is 340 g/mol. The van der Waals surface area contributed by atoms with Crippen LogP contribution in [-0.2, 0) is 0 Å². The van der Waals surface area contributed by atoms with E-state index in [1.54, 1.807) is 6.20 Å². The van der Waals surface area contributed by atoms with E-state index in [9.17, 15) is 9.18 Å². The van der Waals surface area contributed by atoms with E-state index in [2.05, 4.69) is 20.2 Å². The standard InChI is InChI=1S/C18H17FN4O2/c19-13-5-3-12(4-6-13)17(24)21-14-7-10-23(11-8-14)18-22-16-15(25-18)2-1-9-20-16/h1-6,9,14H,7-8,10-11H2,(H,21,24). The molecule has 0 radical (unpaired) electrons. The number of oxazole rings is 1. The lowest BCUT2D eigenvalue weighted by atomic mass is 10.0. The van der Waals surface area contributed by atoms with Gasteiger partial charge >= 0.3 is 0 Å². The van der Waals surface area contributed by atoms with Gasteiger partial charge in [-0.3, -0.25) is 4.79 Å². The number of hydrogen-bond donors (Lipinski definition) is 1. The van der Waals surface area contributed by atoms with E-state index in [1.165, 1.54) is 24.3 Å². The van der Waals surface area contributed by atoms with Crippen molar-refractivity contribution in [1.29, 1.82) is 0 Å². The summed E-state index contributed by atoms with van der Waals surface area (Å²) in [6, 6.07) is 9.87. The Labute approximate surface area is 143 Å². The van der Waals surface area contributed by atoms with Crippen molar-refractivity contribution >= 4 is 23.2 Å². The Morgan fingerprint density at radius 2 is 1.96 bits per heavy atom. The molecule has 0 unspecified atom stereocenters. The van der Waals surface area contributed by atoms with Gasteiger partial charge in [-0.05, 0) is 49.2 Å². The van der Waals surface area contributed by atoms with Gasteiger partial charge in [0.15, 0.2) is 5.58 Å². The van der Waals surface area contributed by atoms with Gasteiger partial charge in [0.1, 0.15) is 5.82 Å². The third kappa shape index (κ3) is 3.31. The lowest BCUT2D eigenvalue weighted by molar-refractivity contribution is 0.0931. The van der Waals surface area contributed by atoms with Crippen LogP contribution in [0.3, 0.4) is 0 Å². The Kier molecular flexibility index (Phi) is 4.05. The van der Waals surface area contributed by atoms with E-state index < -0.39 is 0 Å². The number of amides is 1. The summed E-state index contributed by atoms with van der Waals surface area (Å²) in [5, 5.41) is 3.00. The average Bonchev–Trinajstić information content (AvgIpc) is 3.07. The van der Waals surface area contributed by atoms with Gasteiger partial charge in [-0.15, -0.1) is 0 Å². The molecular weight excluding hydrogens is 323 g/mol. The Bertz CT molecular complexity index is 852. The van der Waals surface area contributed by atoms with Crippen LogP contribution in [0.15, 0.2) is 47.0 Å². The molecule has 1 aromatic carbocycles. The molecule has 0 saturated carbocycles. The first kappa shape index (κ1) is 15.6. The highest BCUT2D eigenvalue weighted by atomic mass is 19.1. The maximum atomic E-state index is 12.9. The number of halogens is 1. The SMILES string of the molecule is O=C(NC1CCN(c2nc3ncccc3o2)CC1)c1ccc(F)cc1. The number of hydrogen-bond acceptors (Lipinski definition) is 5. The minimum atomic E-state index is -0.349. The molecule has 1 amide bonds. The number of benzene rings is 1.